The summed E-state index contributed by atoms with van der Waals surface area (Å²) in [5.41, 5.74) is 3.08. The van der Waals surface area contributed by atoms with E-state index in [0.717, 1.165) is 16.6 Å². The van der Waals surface area contributed by atoms with Gasteiger partial charge in [0.1, 0.15) is 5.82 Å². The molecule has 1 N–H and O–H groups in total. The molecule has 0 saturated heterocycles. The SMILES string of the molecule is COC(=O)c1cc(Cl)ccc1Nc1ccc2c(ccn2-c2ccccc2F)c1. The first-order chi connectivity index (χ1) is 13.6. The first-order valence-corrected chi connectivity index (χ1v) is 8.95. The van der Waals surface area contributed by atoms with Gasteiger partial charge in [0.2, 0.25) is 0 Å². The fourth-order valence-electron chi connectivity index (χ4n) is 3.14. The number of ether oxygens (including phenoxy) is 1. The van der Waals surface area contributed by atoms with Crippen LogP contribution in [0.5, 0.6) is 0 Å². The van der Waals surface area contributed by atoms with Crippen molar-refractivity contribution in [1.29, 1.82) is 0 Å². The minimum atomic E-state index is -0.475. The summed E-state index contributed by atoms with van der Waals surface area (Å²) in [5, 5.41) is 4.60. The summed E-state index contributed by atoms with van der Waals surface area (Å²) in [5.74, 6) is -0.761. The molecule has 0 unspecified atom stereocenters. The fraction of sp³-hybridized carbons (Fsp3) is 0.0455. The van der Waals surface area contributed by atoms with E-state index < -0.39 is 5.97 Å². The zero-order valence-electron chi connectivity index (χ0n) is 14.9. The lowest BCUT2D eigenvalue weighted by atomic mass is 10.1. The second kappa shape index (κ2) is 7.37. The standard InChI is InChI=1S/C22H16ClFN2O2/c1-28-22(27)17-13-15(23)6-8-19(17)25-16-7-9-20-14(12-16)10-11-26(20)21-5-3-2-4-18(21)24/h2-13,25H,1H3. The second-order valence-electron chi connectivity index (χ2n) is 6.22. The van der Waals surface area contributed by atoms with E-state index in [1.165, 1.54) is 13.2 Å². The van der Waals surface area contributed by atoms with Crippen LogP contribution in [0, 0.1) is 5.82 Å². The average molecular weight is 395 g/mol. The average Bonchev–Trinajstić information content (AvgIpc) is 3.12. The van der Waals surface area contributed by atoms with Crippen LogP contribution < -0.4 is 5.32 Å². The summed E-state index contributed by atoms with van der Waals surface area (Å²) in [6.45, 7) is 0. The van der Waals surface area contributed by atoms with Gasteiger partial charge in [-0.2, -0.15) is 0 Å². The number of benzene rings is 3. The van der Waals surface area contributed by atoms with Crippen LogP contribution in [0.1, 0.15) is 10.4 Å². The summed E-state index contributed by atoms with van der Waals surface area (Å²) < 4.78 is 20.8. The maximum absolute atomic E-state index is 14.1. The molecule has 0 amide bonds. The van der Waals surface area contributed by atoms with Crippen LogP contribution in [-0.2, 0) is 4.74 Å². The molecule has 0 spiro atoms. The smallest absolute Gasteiger partial charge is 0.340 e. The Hall–Kier alpha value is -3.31. The van der Waals surface area contributed by atoms with E-state index in [4.69, 9.17) is 16.3 Å². The van der Waals surface area contributed by atoms with Crippen LogP contribution in [0.2, 0.25) is 5.02 Å². The number of fused-ring (bicyclic) bond motifs is 1. The molecular weight excluding hydrogens is 379 g/mol. The van der Waals surface area contributed by atoms with E-state index in [0.29, 0.717) is 22.0 Å². The summed E-state index contributed by atoms with van der Waals surface area (Å²) in [6, 6.07) is 19.2. The number of hydrogen-bond acceptors (Lipinski definition) is 3. The van der Waals surface area contributed by atoms with E-state index in [-0.39, 0.29) is 5.82 Å². The minimum absolute atomic E-state index is 0.286. The van der Waals surface area contributed by atoms with Crippen molar-refractivity contribution in [2.45, 2.75) is 0 Å². The fourth-order valence-corrected chi connectivity index (χ4v) is 3.31. The predicted molar refractivity (Wildman–Crippen MR) is 109 cm³/mol. The molecule has 6 heteroatoms. The van der Waals surface area contributed by atoms with E-state index >= 15 is 0 Å². The molecule has 0 radical (unpaired) electrons. The Morgan fingerprint density at radius 1 is 1.07 bits per heavy atom. The number of para-hydroxylation sites is 1. The highest BCUT2D eigenvalue weighted by molar-refractivity contribution is 6.31. The first kappa shape index (κ1) is 18.1. The van der Waals surface area contributed by atoms with Gasteiger partial charge in [-0.25, -0.2) is 9.18 Å². The van der Waals surface area contributed by atoms with Gasteiger partial charge in [0.05, 0.1) is 29.6 Å². The van der Waals surface area contributed by atoms with Gasteiger partial charge in [-0.3, -0.25) is 0 Å². The van der Waals surface area contributed by atoms with Crippen molar-refractivity contribution in [1.82, 2.24) is 4.57 Å². The third-order valence-corrected chi connectivity index (χ3v) is 4.70. The molecule has 0 bridgehead atoms. The number of nitrogens with one attached hydrogen (secondary N) is 1. The van der Waals surface area contributed by atoms with Crippen LogP contribution in [0.25, 0.3) is 16.6 Å². The maximum atomic E-state index is 14.1. The van der Waals surface area contributed by atoms with Gasteiger partial charge in [-0.1, -0.05) is 23.7 Å². The van der Waals surface area contributed by atoms with Crippen LogP contribution in [0.15, 0.2) is 72.9 Å². The van der Waals surface area contributed by atoms with Gasteiger partial charge in [0.15, 0.2) is 0 Å². The highest BCUT2D eigenvalue weighted by Gasteiger charge is 2.14. The molecule has 4 nitrogen and oxygen atoms in total. The summed E-state index contributed by atoms with van der Waals surface area (Å²) in [4.78, 5) is 12.0. The van der Waals surface area contributed by atoms with E-state index in [1.807, 2.05) is 30.5 Å². The number of methoxy groups -OCH3 is 1. The number of carbonyl (C=O) groups excluding carboxylic acids is 1. The van der Waals surface area contributed by atoms with Gasteiger partial charge >= 0.3 is 5.97 Å². The molecule has 3 aromatic carbocycles. The normalized spacial score (nSPS) is 10.8. The molecule has 0 fully saturated rings. The number of hydrogen-bond donors (Lipinski definition) is 1. The Labute approximate surface area is 166 Å². The highest BCUT2D eigenvalue weighted by atomic mass is 35.5. The molecule has 0 aliphatic heterocycles. The molecule has 1 aromatic heterocycles. The van der Waals surface area contributed by atoms with Crippen LogP contribution in [-0.4, -0.2) is 17.6 Å². The summed E-state index contributed by atoms with van der Waals surface area (Å²) >= 11 is 6.00. The van der Waals surface area contributed by atoms with Crippen molar-refractivity contribution in [3.05, 3.63) is 89.3 Å². The highest BCUT2D eigenvalue weighted by Crippen LogP contribution is 2.29. The first-order valence-electron chi connectivity index (χ1n) is 8.58. The summed E-state index contributed by atoms with van der Waals surface area (Å²) in [7, 11) is 1.32. The van der Waals surface area contributed by atoms with Gasteiger partial charge < -0.3 is 14.6 Å². The number of carbonyl (C=O) groups is 1. The van der Waals surface area contributed by atoms with Crippen molar-refractivity contribution >= 4 is 39.8 Å². The van der Waals surface area contributed by atoms with Crippen molar-refractivity contribution in [2.75, 3.05) is 12.4 Å². The zero-order chi connectivity index (χ0) is 19.7. The Bertz CT molecular complexity index is 1190. The molecular formula is C22H16ClFN2O2. The van der Waals surface area contributed by atoms with Gasteiger partial charge in [-0.15, -0.1) is 0 Å². The maximum Gasteiger partial charge on any atom is 0.340 e. The number of rotatable bonds is 4. The molecule has 1 heterocycles. The third-order valence-electron chi connectivity index (χ3n) is 4.47. The lowest BCUT2D eigenvalue weighted by molar-refractivity contribution is 0.0602. The van der Waals surface area contributed by atoms with Crippen LogP contribution in [0.4, 0.5) is 15.8 Å². The molecule has 4 rings (SSSR count). The Balaban J connectivity index is 1.71. The van der Waals surface area contributed by atoms with E-state index in [9.17, 15) is 9.18 Å². The number of halogens is 2. The lowest BCUT2D eigenvalue weighted by Gasteiger charge is -2.12. The van der Waals surface area contributed by atoms with E-state index in [1.54, 1.807) is 41.0 Å². The Kier molecular flexibility index (Phi) is 4.75. The molecule has 0 aliphatic carbocycles. The largest absolute Gasteiger partial charge is 0.465 e. The van der Waals surface area contributed by atoms with Gasteiger partial charge in [-0.05, 0) is 54.6 Å². The molecule has 0 atom stereocenters. The predicted octanol–water partition coefficient (Wildman–Crippen LogP) is 5.95. The van der Waals surface area contributed by atoms with Crippen LogP contribution >= 0.6 is 11.6 Å². The summed E-state index contributed by atoms with van der Waals surface area (Å²) in [6.07, 6.45) is 1.83. The third kappa shape index (κ3) is 3.32. The van der Waals surface area contributed by atoms with Gasteiger partial charge in [0, 0.05) is 22.3 Å². The molecule has 0 saturated carbocycles. The van der Waals surface area contributed by atoms with Crippen molar-refractivity contribution in [2.24, 2.45) is 0 Å². The Morgan fingerprint density at radius 3 is 2.68 bits per heavy atom. The number of aromatic nitrogens is 1. The topological polar surface area (TPSA) is 43.3 Å². The quantitative estimate of drug-likeness (QED) is 0.435. The zero-order valence-corrected chi connectivity index (χ0v) is 15.7. The Morgan fingerprint density at radius 2 is 1.89 bits per heavy atom. The molecule has 140 valence electrons. The minimum Gasteiger partial charge on any atom is -0.465 e. The van der Waals surface area contributed by atoms with Crippen molar-refractivity contribution in [3.63, 3.8) is 0 Å². The van der Waals surface area contributed by atoms with E-state index in [2.05, 4.69) is 5.32 Å². The molecule has 4 aromatic rings. The lowest BCUT2D eigenvalue weighted by Crippen LogP contribution is -2.05. The second-order valence-corrected chi connectivity index (χ2v) is 6.65. The number of nitrogens with zero attached hydrogens (tertiary/aromatic N) is 1. The molecule has 28 heavy (non-hydrogen) atoms. The monoisotopic (exact) mass is 394 g/mol. The number of anilines is 2. The number of esters is 1. The van der Waals surface area contributed by atoms with Crippen molar-refractivity contribution in [3.8, 4) is 5.69 Å². The van der Waals surface area contributed by atoms with Gasteiger partial charge in [0.25, 0.3) is 0 Å². The molecule has 0 aliphatic rings. The van der Waals surface area contributed by atoms with Crippen LogP contribution in [0.3, 0.4) is 0 Å². The van der Waals surface area contributed by atoms with Crippen molar-refractivity contribution < 1.29 is 13.9 Å².